The average molecular weight is 865 g/mol. The topological polar surface area (TPSA) is 335 Å². The minimum atomic E-state index is -0.636. The highest BCUT2D eigenvalue weighted by atomic mass is 16.3. The van der Waals surface area contributed by atoms with Crippen LogP contribution in [0.3, 0.4) is 0 Å². The quantitative estimate of drug-likeness (QED) is 0.0293. The number of aliphatic hydroxyl groups excluding tert-OH is 4. The number of carbonyl (C=O) groups is 4. The molecule has 0 bridgehead atoms. The Bertz CT molecular complexity index is 2070. The maximum Gasteiger partial charge on any atom is 0.254 e. The third-order valence-electron chi connectivity index (χ3n) is 9.92. The van der Waals surface area contributed by atoms with Crippen LogP contribution in [-0.4, -0.2) is 139 Å². The second-order valence-corrected chi connectivity index (χ2v) is 13.8. The maximum atomic E-state index is 12.9. The lowest BCUT2D eigenvalue weighted by Gasteiger charge is -2.25. The molecule has 0 fully saturated rings. The number of hydrogen-bond donors (Lipinski definition) is 12. The number of unbranched alkanes of at least 4 members (excludes halogenated alkanes) is 1. The number of pyridine rings is 4. The van der Waals surface area contributed by atoms with Gasteiger partial charge in [0.2, 0.25) is 0 Å². The summed E-state index contributed by atoms with van der Waals surface area (Å²) in [5.41, 5.74) is -2.57. The van der Waals surface area contributed by atoms with Crippen LogP contribution in [0, 0.1) is 0 Å². The van der Waals surface area contributed by atoms with E-state index < -0.39 is 72.3 Å². The minimum Gasteiger partial charge on any atom is -0.391 e. The molecule has 0 radical (unpaired) electrons. The summed E-state index contributed by atoms with van der Waals surface area (Å²) >= 11 is 0. The Morgan fingerprint density at radius 3 is 0.839 bits per heavy atom. The van der Waals surface area contributed by atoms with Crippen LogP contribution in [-0.2, 0) is 26.4 Å². The molecule has 0 aliphatic rings. The molecule has 4 aromatic rings. The van der Waals surface area contributed by atoms with Gasteiger partial charge in [0, 0.05) is 77.1 Å². The second-order valence-electron chi connectivity index (χ2n) is 13.8. The van der Waals surface area contributed by atoms with Crippen molar-refractivity contribution < 1.29 is 39.6 Å². The van der Waals surface area contributed by atoms with Crippen molar-refractivity contribution in [3.8, 4) is 0 Å². The number of carbonyl (C=O) groups excluding carboxylic acids is 4. The predicted molar refractivity (Wildman–Crippen MR) is 223 cm³/mol. The van der Waals surface area contributed by atoms with E-state index in [1.165, 1.54) is 49.1 Å². The van der Waals surface area contributed by atoms with Crippen molar-refractivity contribution in [2.24, 2.45) is 0 Å². The van der Waals surface area contributed by atoms with Gasteiger partial charge in [-0.1, -0.05) is 0 Å². The lowest BCUT2D eigenvalue weighted by molar-refractivity contribution is 0.0926. The van der Waals surface area contributed by atoms with Crippen LogP contribution in [0.15, 0.2) is 68.2 Å². The van der Waals surface area contributed by atoms with E-state index in [9.17, 15) is 58.8 Å². The molecule has 0 saturated heterocycles. The Morgan fingerprint density at radius 2 is 0.629 bits per heavy atom. The molecular weight excluding hydrogens is 812 g/mol. The minimum absolute atomic E-state index is 0.0256. The molecule has 22 heteroatoms. The van der Waals surface area contributed by atoms with Crippen molar-refractivity contribution in [1.29, 1.82) is 0 Å². The summed E-state index contributed by atoms with van der Waals surface area (Å²) in [4.78, 5) is 114. The van der Waals surface area contributed by atoms with Gasteiger partial charge in [-0.2, -0.15) is 0 Å². The van der Waals surface area contributed by atoms with Gasteiger partial charge in [-0.25, -0.2) is 0 Å². The third kappa shape index (κ3) is 13.5. The average Bonchev–Trinajstić information content (AvgIpc) is 3.26. The molecule has 4 heterocycles. The Hall–Kier alpha value is -6.56. The van der Waals surface area contributed by atoms with E-state index in [1.54, 1.807) is 0 Å². The molecule has 62 heavy (non-hydrogen) atoms. The van der Waals surface area contributed by atoms with Crippen molar-refractivity contribution in [2.45, 2.75) is 39.3 Å². The standard InChI is InChI=1S/C40H52N10O12/c51-21-29-25(3-7-41-37(29)59)33(55)45-11-17-49(18-12-46-34(56)26-4-8-42-38(60)30(26)22-52)15-1-2-16-50(19-13-47-35(57)27-5-9-43-39(61)31(27)23-53)20-14-48-36(58)28-6-10-44-40(62)32(28)24-54/h3-10,51-54H,1-2,11-24H2,(H,41,59)(H,42,60)(H,43,61)(H,44,62)(H,45,55)(H,46,56)(H,47,57)(H,48,58). The number of nitrogens with zero attached hydrogens (tertiary/aromatic N) is 2. The van der Waals surface area contributed by atoms with Gasteiger partial charge in [-0.05, 0) is 50.2 Å². The number of aromatic amines is 4. The van der Waals surface area contributed by atoms with E-state index in [1.807, 2.05) is 9.80 Å². The molecule has 0 spiro atoms. The molecule has 0 saturated carbocycles. The number of aliphatic hydroxyl groups is 4. The third-order valence-corrected chi connectivity index (χ3v) is 9.92. The highest BCUT2D eigenvalue weighted by Crippen LogP contribution is 2.07. The fraction of sp³-hybridized carbons (Fsp3) is 0.400. The summed E-state index contributed by atoms with van der Waals surface area (Å²) in [5, 5.41) is 49.6. The van der Waals surface area contributed by atoms with Gasteiger partial charge in [-0.3, -0.25) is 48.2 Å². The number of hydrogen-bond acceptors (Lipinski definition) is 14. The molecular formula is C40H52N10O12. The maximum absolute atomic E-state index is 12.9. The molecule has 334 valence electrons. The zero-order valence-electron chi connectivity index (χ0n) is 33.9. The molecule has 0 aliphatic carbocycles. The van der Waals surface area contributed by atoms with Crippen LogP contribution >= 0.6 is 0 Å². The van der Waals surface area contributed by atoms with Crippen molar-refractivity contribution in [2.75, 3.05) is 65.4 Å². The molecule has 0 aliphatic heterocycles. The monoisotopic (exact) mass is 864 g/mol. The molecule has 4 amide bonds. The van der Waals surface area contributed by atoms with Crippen molar-refractivity contribution in [1.82, 2.24) is 51.0 Å². The highest BCUT2D eigenvalue weighted by molar-refractivity contribution is 5.97. The summed E-state index contributed by atoms with van der Waals surface area (Å²) in [6, 6.07) is 5.55. The van der Waals surface area contributed by atoms with E-state index in [0.717, 1.165) is 0 Å². The first kappa shape index (κ1) is 48.1. The predicted octanol–water partition coefficient (Wildman–Crippen LogP) is -3.19. The van der Waals surface area contributed by atoms with Crippen LogP contribution < -0.4 is 43.5 Å². The summed E-state index contributed by atoms with van der Waals surface area (Å²) < 4.78 is 0. The van der Waals surface area contributed by atoms with Crippen molar-refractivity contribution in [3.05, 3.63) is 135 Å². The Morgan fingerprint density at radius 1 is 0.403 bits per heavy atom. The Kier molecular flexibility index (Phi) is 19.1. The fourth-order valence-corrected chi connectivity index (χ4v) is 6.55. The van der Waals surface area contributed by atoms with Gasteiger partial charge in [0.15, 0.2) is 0 Å². The van der Waals surface area contributed by atoms with E-state index >= 15 is 0 Å². The summed E-state index contributed by atoms with van der Waals surface area (Å²) in [7, 11) is 0. The summed E-state index contributed by atoms with van der Waals surface area (Å²) in [6.07, 6.45) is 6.41. The molecule has 4 rings (SSSR count). The number of H-pyrrole nitrogens is 4. The van der Waals surface area contributed by atoms with E-state index in [4.69, 9.17) is 0 Å². The van der Waals surface area contributed by atoms with Gasteiger partial charge in [0.1, 0.15) is 0 Å². The van der Waals surface area contributed by atoms with E-state index in [0.29, 0.717) is 52.1 Å². The van der Waals surface area contributed by atoms with Crippen molar-refractivity contribution in [3.63, 3.8) is 0 Å². The second kappa shape index (κ2) is 24.6. The molecule has 12 N–H and O–H groups in total. The molecule has 4 aromatic heterocycles. The first-order chi connectivity index (χ1) is 29.9. The number of amides is 4. The molecule has 22 nitrogen and oxygen atoms in total. The normalized spacial score (nSPS) is 11.1. The van der Waals surface area contributed by atoms with Gasteiger partial charge in [0.25, 0.3) is 45.9 Å². The first-order valence-corrected chi connectivity index (χ1v) is 19.8. The summed E-state index contributed by atoms with van der Waals surface area (Å²) in [6.45, 7) is 0.190. The van der Waals surface area contributed by atoms with Crippen LogP contribution in [0.2, 0.25) is 0 Å². The van der Waals surface area contributed by atoms with E-state index in [-0.39, 0.29) is 70.7 Å². The molecule has 0 unspecified atom stereocenters. The van der Waals surface area contributed by atoms with Gasteiger partial charge in [-0.15, -0.1) is 0 Å². The Balaban J connectivity index is 1.40. The van der Waals surface area contributed by atoms with Crippen LogP contribution in [0.1, 0.15) is 76.5 Å². The highest BCUT2D eigenvalue weighted by Gasteiger charge is 2.18. The van der Waals surface area contributed by atoms with Crippen LogP contribution in [0.4, 0.5) is 0 Å². The number of rotatable bonds is 25. The van der Waals surface area contributed by atoms with Crippen LogP contribution in [0.25, 0.3) is 0 Å². The first-order valence-electron chi connectivity index (χ1n) is 19.8. The molecule has 0 atom stereocenters. The Labute approximate surface area is 353 Å². The SMILES string of the molecule is O=C(NCCN(CCCCN(CCNC(=O)c1cc[nH]c(=O)c1CO)CCNC(=O)c1cc[nH]c(=O)c1CO)CCNC(=O)c1cc[nH]c(=O)c1CO)c1cc[nH]c(=O)c1CO. The lowest BCUT2D eigenvalue weighted by atomic mass is 10.1. The zero-order chi connectivity index (χ0) is 45.0. The number of aromatic nitrogens is 4. The number of nitrogens with one attached hydrogen (secondary N) is 8. The largest absolute Gasteiger partial charge is 0.391 e. The lowest BCUT2D eigenvalue weighted by Crippen LogP contribution is -2.41. The molecule has 0 aromatic carbocycles. The van der Waals surface area contributed by atoms with Crippen LogP contribution in [0.5, 0.6) is 0 Å². The fourth-order valence-electron chi connectivity index (χ4n) is 6.55. The summed E-state index contributed by atoms with van der Waals surface area (Å²) in [5.74, 6) is -2.25. The van der Waals surface area contributed by atoms with Gasteiger partial charge >= 0.3 is 0 Å². The smallest absolute Gasteiger partial charge is 0.254 e. The van der Waals surface area contributed by atoms with Gasteiger partial charge < -0.3 is 61.6 Å². The zero-order valence-corrected chi connectivity index (χ0v) is 33.9. The van der Waals surface area contributed by atoms with Gasteiger partial charge in [0.05, 0.1) is 70.9 Å². The van der Waals surface area contributed by atoms with E-state index in [2.05, 4.69) is 41.2 Å². The van der Waals surface area contributed by atoms with Crippen molar-refractivity contribution >= 4 is 23.6 Å².